The van der Waals surface area contributed by atoms with Gasteiger partial charge in [-0.2, -0.15) is 0 Å². The van der Waals surface area contributed by atoms with Gasteiger partial charge >= 0.3 is 0 Å². The minimum atomic E-state index is 0.116. The van der Waals surface area contributed by atoms with Crippen LogP contribution in [0.15, 0.2) is 18.2 Å². The molecule has 0 saturated heterocycles. The predicted octanol–water partition coefficient (Wildman–Crippen LogP) is 3.39. The highest BCUT2D eigenvalue weighted by Crippen LogP contribution is 2.16. The molecule has 0 bridgehead atoms. The van der Waals surface area contributed by atoms with Crippen LogP contribution in [0.5, 0.6) is 0 Å². The summed E-state index contributed by atoms with van der Waals surface area (Å²) < 4.78 is 5.37. The topological polar surface area (TPSA) is 29.5 Å². The molecule has 1 aromatic carbocycles. The molecule has 108 valence electrons. The van der Waals surface area contributed by atoms with Gasteiger partial charge in [-0.15, -0.1) is 0 Å². The fourth-order valence-corrected chi connectivity index (χ4v) is 2.24. The van der Waals surface area contributed by atoms with E-state index in [0.717, 1.165) is 32.3 Å². The summed E-state index contributed by atoms with van der Waals surface area (Å²) in [6.45, 7) is 7.95. The molecule has 1 atom stereocenters. The summed E-state index contributed by atoms with van der Waals surface area (Å²) in [5, 5.41) is 8.68. The van der Waals surface area contributed by atoms with Crippen molar-refractivity contribution in [3.05, 3.63) is 34.9 Å². The second-order valence-corrected chi connectivity index (χ2v) is 5.31. The number of ether oxygens (including phenoxy) is 1. The Labute approximate surface area is 117 Å². The van der Waals surface area contributed by atoms with Gasteiger partial charge in [-0.05, 0) is 48.3 Å². The van der Waals surface area contributed by atoms with Gasteiger partial charge in [-0.3, -0.25) is 0 Å². The Balaban J connectivity index is 2.47. The van der Waals surface area contributed by atoms with Gasteiger partial charge < -0.3 is 9.84 Å². The van der Waals surface area contributed by atoms with Gasteiger partial charge in [0.2, 0.25) is 0 Å². The van der Waals surface area contributed by atoms with Crippen molar-refractivity contribution in [2.45, 2.75) is 46.5 Å². The lowest BCUT2D eigenvalue weighted by atomic mass is 9.97. The van der Waals surface area contributed by atoms with E-state index in [-0.39, 0.29) is 6.61 Å². The SMILES string of the molecule is CCc1cc(CC)cc(CCC(C)COCCO)c1. The molecule has 1 aromatic rings. The zero-order chi connectivity index (χ0) is 14.1. The van der Waals surface area contributed by atoms with E-state index in [9.17, 15) is 0 Å². The van der Waals surface area contributed by atoms with E-state index in [1.165, 1.54) is 16.7 Å². The zero-order valence-electron chi connectivity index (χ0n) is 12.6. The lowest BCUT2D eigenvalue weighted by Gasteiger charge is -2.13. The lowest BCUT2D eigenvalue weighted by Crippen LogP contribution is -2.09. The molecular weight excluding hydrogens is 236 g/mol. The maximum atomic E-state index is 8.68. The van der Waals surface area contributed by atoms with Gasteiger partial charge in [0.15, 0.2) is 0 Å². The highest BCUT2D eigenvalue weighted by molar-refractivity contribution is 5.30. The molecule has 0 heterocycles. The maximum Gasteiger partial charge on any atom is 0.0697 e. The first-order chi connectivity index (χ1) is 9.19. The van der Waals surface area contributed by atoms with Gasteiger partial charge in [0, 0.05) is 6.61 Å². The van der Waals surface area contributed by atoms with Crippen molar-refractivity contribution in [2.24, 2.45) is 5.92 Å². The molecule has 0 aromatic heterocycles. The highest BCUT2D eigenvalue weighted by Gasteiger charge is 2.05. The van der Waals surface area contributed by atoms with Crippen LogP contribution in [0.25, 0.3) is 0 Å². The smallest absolute Gasteiger partial charge is 0.0697 e. The summed E-state index contributed by atoms with van der Waals surface area (Å²) in [4.78, 5) is 0. The van der Waals surface area contributed by atoms with Gasteiger partial charge in [-0.1, -0.05) is 39.0 Å². The molecule has 2 heteroatoms. The third-order valence-electron chi connectivity index (χ3n) is 3.49. The van der Waals surface area contributed by atoms with Crippen molar-refractivity contribution in [2.75, 3.05) is 19.8 Å². The average Bonchev–Trinajstić information content (AvgIpc) is 2.45. The molecule has 0 aliphatic carbocycles. The first kappa shape index (κ1) is 16.2. The fourth-order valence-electron chi connectivity index (χ4n) is 2.24. The number of aliphatic hydroxyl groups is 1. The largest absolute Gasteiger partial charge is 0.394 e. The van der Waals surface area contributed by atoms with Crippen LogP contribution in [-0.4, -0.2) is 24.9 Å². The van der Waals surface area contributed by atoms with E-state index in [4.69, 9.17) is 9.84 Å². The maximum absolute atomic E-state index is 8.68. The van der Waals surface area contributed by atoms with Crippen molar-refractivity contribution in [3.8, 4) is 0 Å². The molecule has 0 spiro atoms. The Bertz CT molecular complexity index is 338. The molecule has 0 aliphatic rings. The second-order valence-electron chi connectivity index (χ2n) is 5.31. The Morgan fingerprint density at radius 1 is 1.05 bits per heavy atom. The zero-order valence-corrected chi connectivity index (χ0v) is 12.6. The van der Waals surface area contributed by atoms with Crippen LogP contribution in [-0.2, 0) is 24.0 Å². The Hall–Kier alpha value is -0.860. The summed E-state index contributed by atoms with van der Waals surface area (Å²) in [6.07, 6.45) is 4.47. The summed E-state index contributed by atoms with van der Waals surface area (Å²) >= 11 is 0. The van der Waals surface area contributed by atoms with Crippen LogP contribution in [0.4, 0.5) is 0 Å². The quantitative estimate of drug-likeness (QED) is 0.693. The van der Waals surface area contributed by atoms with Crippen LogP contribution in [0.1, 0.15) is 43.9 Å². The first-order valence-electron chi connectivity index (χ1n) is 7.49. The third-order valence-corrected chi connectivity index (χ3v) is 3.49. The van der Waals surface area contributed by atoms with Crippen LogP contribution in [0.3, 0.4) is 0 Å². The summed E-state index contributed by atoms with van der Waals surface area (Å²) in [5.74, 6) is 0.543. The van der Waals surface area contributed by atoms with Gasteiger partial charge in [0.25, 0.3) is 0 Å². The Kier molecular flexibility index (Phi) is 7.76. The Morgan fingerprint density at radius 3 is 2.16 bits per heavy atom. The van der Waals surface area contributed by atoms with Gasteiger partial charge in [0.1, 0.15) is 0 Å². The molecule has 1 N–H and O–H groups in total. The monoisotopic (exact) mass is 264 g/mol. The molecule has 0 amide bonds. The molecule has 0 aliphatic heterocycles. The number of rotatable bonds is 9. The molecule has 19 heavy (non-hydrogen) atoms. The average molecular weight is 264 g/mol. The standard InChI is InChI=1S/C17H28O2/c1-4-15-10-16(5-2)12-17(11-15)7-6-14(3)13-19-9-8-18/h10-12,14,18H,4-9,13H2,1-3H3. The van der Waals surface area contributed by atoms with Crippen LogP contribution >= 0.6 is 0 Å². The fraction of sp³-hybridized carbons (Fsp3) is 0.647. The number of aliphatic hydroxyl groups excluding tert-OH is 1. The van der Waals surface area contributed by atoms with Crippen molar-refractivity contribution in [1.29, 1.82) is 0 Å². The second kappa shape index (κ2) is 9.11. The molecule has 1 unspecified atom stereocenters. The highest BCUT2D eigenvalue weighted by atomic mass is 16.5. The third kappa shape index (κ3) is 6.22. The molecule has 1 rings (SSSR count). The molecule has 0 fully saturated rings. The normalized spacial score (nSPS) is 12.6. The van der Waals surface area contributed by atoms with E-state index >= 15 is 0 Å². The number of benzene rings is 1. The van der Waals surface area contributed by atoms with E-state index in [1.807, 2.05) is 0 Å². The van der Waals surface area contributed by atoms with Crippen molar-refractivity contribution >= 4 is 0 Å². The van der Waals surface area contributed by atoms with E-state index in [0.29, 0.717) is 12.5 Å². The number of hydrogen-bond acceptors (Lipinski definition) is 2. The van der Waals surface area contributed by atoms with Crippen molar-refractivity contribution in [1.82, 2.24) is 0 Å². The van der Waals surface area contributed by atoms with Gasteiger partial charge in [0.05, 0.1) is 13.2 Å². The minimum Gasteiger partial charge on any atom is -0.394 e. The Morgan fingerprint density at radius 2 is 1.63 bits per heavy atom. The van der Waals surface area contributed by atoms with Crippen LogP contribution in [0.2, 0.25) is 0 Å². The summed E-state index contributed by atoms with van der Waals surface area (Å²) in [5.41, 5.74) is 4.34. The van der Waals surface area contributed by atoms with Crippen LogP contribution in [0, 0.1) is 5.92 Å². The van der Waals surface area contributed by atoms with Gasteiger partial charge in [-0.25, -0.2) is 0 Å². The molecule has 0 saturated carbocycles. The van der Waals surface area contributed by atoms with E-state index in [2.05, 4.69) is 39.0 Å². The molecule has 0 radical (unpaired) electrons. The van der Waals surface area contributed by atoms with Crippen LogP contribution < -0.4 is 0 Å². The van der Waals surface area contributed by atoms with Crippen molar-refractivity contribution < 1.29 is 9.84 Å². The number of aryl methyl sites for hydroxylation is 3. The minimum absolute atomic E-state index is 0.116. The van der Waals surface area contributed by atoms with E-state index in [1.54, 1.807) is 0 Å². The summed E-state index contributed by atoms with van der Waals surface area (Å²) in [6, 6.07) is 6.98. The van der Waals surface area contributed by atoms with Crippen molar-refractivity contribution in [3.63, 3.8) is 0 Å². The summed E-state index contributed by atoms with van der Waals surface area (Å²) in [7, 11) is 0. The predicted molar refractivity (Wildman–Crippen MR) is 80.6 cm³/mol. The number of hydrogen-bond donors (Lipinski definition) is 1. The lowest BCUT2D eigenvalue weighted by molar-refractivity contribution is 0.0698. The van der Waals surface area contributed by atoms with E-state index < -0.39 is 0 Å². The first-order valence-corrected chi connectivity index (χ1v) is 7.49. The molecular formula is C17H28O2. The molecule has 2 nitrogen and oxygen atoms in total.